The van der Waals surface area contributed by atoms with Gasteiger partial charge in [-0.1, -0.05) is 0 Å². The highest BCUT2D eigenvalue weighted by atomic mass is 16.3. The molecule has 122 valence electrons. The molecule has 1 aliphatic heterocycles. The lowest BCUT2D eigenvalue weighted by molar-refractivity contribution is -0.125. The second kappa shape index (κ2) is 6.68. The van der Waals surface area contributed by atoms with Crippen LogP contribution in [0.25, 0.3) is 0 Å². The largest absolute Gasteiger partial charge is 0.467 e. The number of hydrogen-bond acceptors (Lipinski definition) is 5. The Balaban J connectivity index is 1.62. The van der Waals surface area contributed by atoms with Crippen molar-refractivity contribution in [2.45, 2.75) is 19.4 Å². The summed E-state index contributed by atoms with van der Waals surface area (Å²) in [5, 5.41) is 6.95. The van der Waals surface area contributed by atoms with E-state index >= 15 is 0 Å². The van der Waals surface area contributed by atoms with Crippen LogP contribution in [0.5, 0.6) is 0 Å². The Bertz CT molecular complexity index is 723. The number of carbonyl (C=O) groups excluding carboxylic acids is 1. The van der Waals surface area contributed by atoms with Gasteiger partial charge in [0.25, 0.3) is 5.56 Å². The van der Waals surface area contributed by atoms with Crippen LogP contribution in [-0.2, 0) is 18.4 Å². The topological polar surface area (TPSA) is 80.4 Å². The summed E-state index contributed by atoms with van der Waals surface area (Å²) in [5.41, 5.74) is 0.628. The molecule has 7 heteroatoms. The first-order valence-corrected chi connectivity index (χ1v) is 7.72. The standard InChI is InChI=1S/C16H20N4O3/c1-19-15(21)8-13(9-18-19)20-6-2-4-12(11-20)16(22)17-10-14-5-3-7-23-14/h3,5,7-9,12H,2,4,6,10-11H2,1H3,(H,17,22)/t12-/m1/s1. The first-order valence-electron chi connectivity index (χ1n) is 7.72. The van der Waals surface area contributed by atoms with Gasteiger partial charge in [-0.15, -0.1) is 0 Å². The molecule has 0 unspecified atom stereocenters. The highest BCUT2D eigenvalue weighted by Gasteiger charge is 2.26. The molecule has 1 N–H and O–H groups in total. The van der Waals surface area contributed by atoms with Crippen molar-refractivity contribution in [2.24, 2.45) is 13.0 Å². The van der Waals surface area contributed by atoms with Gasteiger partial charge in [-0.3, -0.25) is 9.59 Å². The number of carbonyl (C=O) groups is 1. The predicted octanol–water partition coefficient (Wildman–Crippen LogP) is 0.906. The van der Waals surface area contributed by atoms with E-state index in [-0.39, 0.29) is 17.4 Å². The van der Waals surface area contributed by atoms with Crippen LogP contribution in [0.2, 0.25) is 0 Å². The fourth-order valence-electron chi connectivity index (χ4n) is 2.79. The molecule has 3 rings (SSSR count). The maximum Gasteiger partial charge on any atom is 0.268 e. The van der Waals surface area contributed by atoms with Crippen LogP contribution < -0.4 is 15.8 Å². The molecule has 1 amide bonds. The Labute approximate surface area is 133 Å². The number of rotatable bonds is 4. The van der Waals surface area contributed by atoms with Crippen LogP contribution in [0.15, 0.2) is 39.9 Å². The number of amides is 1. The Kier molecular flexibility index (Phi) is 4.45. The third-order valence-corrected chi connectivity index (χ3v) is 4.13. The molecule has 0 saturated carbocycles. The Morgan fingerprint density at radius 1 is 1.52 bits per heavy atom. The van der Waals surface area contributed by atoms with Crippen molar-refractivity contribution < 1.29 is 9.21 Å². The van der Waals surface area contributed by atoms with E-state index in [1.165, 1.54) is 4.68 Å². The summed E-state index contributed by atoms with van der Waals surface area (Å²) < 4.78 is 6.51. The molecule has 1 fully saturated rings. The summed E-state index contributed by atoms with van der Waals surface area (Å²) in [6.07, 6.45) is 5.02. The Morgan fingerprint density at radius 3 is 3.13 bits per heavy atom. The summed E-state index contributed by atoms with van der Waals surface area (Å²) in [4.78, 5) is 26.1. The number of nitrogens with one attached hydrogen (secondary N) is 1. The van der Waals surface area contributed by atoms with Gasteiger partial charge in [0.15, 0.2) is 0 Å². The SMILES string of the molecule is Cn1ncc(N2CCC[C@@H](C(=O)NCc3ccco3)C2)cc1=O. The molecule has 0 bridgehead atoms. The fraction of sp³-hybridized carbons (Fsp3) is 0.438. The lowest BCUT2D eigenvalue weighted by atomic mass is 9.97. The maximum atomic E-state index is 12.3. The molecule has 1 saturated heterocycles. The second-order valence-corrected chi connectivity index (χ2v) is 5.76. The number of hydrogen-bond donors (Lipinski definition) is 1. The average Bonchev–Trinajstić information content (AvgIpc) is 3.09. The van der Waals surface area contributed by atoms with Gasteiger partial charge in [0.05, 0.1) is 30.6 Å². The maximum absolute atomic E-state index is 12.3. The van der Waals surface area contributed by atoms with Crippen molar-refractivity contribution in [1.29, 1.82) is 0 Å². The highest BCUT2D eigenvalue weighted by Crippen LogP contribution is 2.21. The molecule has 23 heavy (non-hydrogen) atoms. The van der Waals surface area contributed by atoms with Gasteiger partial charge in [-0.05, 0) is 25.0 Å². The Morgan fingerprint density at radius 2 is 2.39 bits per heavy atom. The first kappa shape index (κ1) is 15.3. The van der Waals surface area contributed by atoms with Crippen molar-refractivity contribution in [3.05, 3.63) is 46.8 Å². The third kappa shape index (κ3) is 3.61. The molecule has 0 radical (unpaired) electrons. The van der Waals surface area contributed by atoms with Crippen LogP contribution in [-0.4, -0.2) is 28.8 Å². The molecule has 1 atom stereocenters. The number of nitrogens with zero attached hydrogens (tertiary/aromatic N) is 3. The average molecular weight is 316 g/mol. The zero-order valence-electron chi connectivity index (χ0n) is 13.1. The monoisotopic (exact) mass is 316 g/mol. The number of piperidine rings is 1. The van der Waals surface area contributed by atoms with Crippen LogP contribution in [0.1, 0.15) is 18.6 Å². The minimum absolute atomic E-state index is 0.0166. The molecule has 0 aliphatic carbocycles. The highest BCUT2D eigenvalue weighted by molar-refractivity contribution is 5.79. The quantitative estimate of drug-likeness (QED) is 0.907. The normalized spacial score (nSPS) is 18.0. The van der Waals surface area contributed by atoms with Crippen molar-refractivity contribution in [2.75, 3.05) is 18.0 Å². The molecule has 2 aromatic rings. The molecule has 0 aromatic carbocycles. The summed E-state index contributed by atoms with van der Waals surface area (Å²) in [7, 11) is 1.62. The van der Waals surface area contributed by atoms with Crippen LogP contribution in [0.3, 0.4) is 0 Å². The van der Waals surface area contributed by atoms with Gasteiger partial charge in [0.1, 0.15) is 5.76 Å². The van der Waals surface area contributed by atoms with E-state index in [0.29, 0.717) is 13.1 Å². The van der Waals surface area contributed by atoms with E-state index in [2.05, 4.69) is 15.3 Å². The van der Waals surface area contributed by atoms with Gasteiger partial charge in [0.2, 0.25) is 5.91 Å². The zero-order chi connectivity index (χ0) is 16.2. The van der Waals surface area contributed by atoms with Gasteiger partial charge in [-0.2, -0.15) is 5.10 Å². The number of aromatic nitrogens is 2. The predicted molar refractivity (Wildman–Crippen MR) is 85.0 cm³/mol. The number of anilines is 1. The van der Waals surface area contributed by atoms with Crippen molar-refractivity contribution >= 4 is 11.6 Å². The minimum Gasteiger partial charge on any atom is -0.467 e. The van der Waals surface area contributed by atoms with E-state index in [4.69, 9.17) is 4.42 Å². The molecule has 7 nitrogen and oxygen atoms in total. The van der Waals surface area contributed by atoms with E-state index in [1.54, 1.807) is 31.6 Å². The van der Waals surface area contributed by atoms with E-state index in [9.17, 15) is 9.59 Å². The molecule has 0 spiro atoms. The number of furan rings is 1. The van der Waals surface area contributed by atoms with Crippen LogP contribution in [0, 0.1) is 5.92 Å². The second-order valence-electron chi connectivity index (χ2n) is 5.76. The first-order chi connectivity index (χ1) is 11.1. The molecular weight excluding hydrogens is 296 g/mol. The molecular formula is C16H20N4O3. The summed E-state index contributed by atoms with van der Waals surface area (Å²) in [6, 6.07) is 5.20. The number of aryl methyl sites for hydroxylation is 1. The lowest BCUT2D eigenvalue weighted by Crippen LogP contribution is -2.43. The zero-order valence-corrected chi connectivity index (χ0v) is 13.1. The van der Waals surface area contributed by atoms with E-state index in [1.807, 2.05) is 6.07 Å². The van der Waals surface area contributed by atoms with Gasteiger partial charge in [-0.25, -0.2) is 4.68 Å². The van der Waals surface area contributed by atoms with Crippen LogP contribution in [0.4, 0.5) is 5.69 Å². The van der Waals surface area contributed by atoms with Gasteiger partial charge < -0.3 is 14.6 Å². The van der Waals surface area contributed by atoms with E-state index in [0.717, 1.165) is 30.8 Å². The van der Waals surface area contributed by atoms with Gasteiger partial charge in [0, 0.05) is 26.2 Å². The van der Waals surface area contributed by atoms with Crippen molar-refractivity contribution in [3.63, 3.8) is 0 Å². The van der Waals surface area contributed by atoms with Crippen molar-refractivity contribution in [1.82, 2.24) is 15.1 Å². The summed E-state index contributed by atoms with van der Waals surface area (Å²) in [6.45, 7) is 1.82. The summed E-state index contributed by atoms with van der Waals surface area (Å²) in [5.74, 6) is 0.660. The Hall–Kier alpha value is -2.57. The lowest BCUT2D eigenvalue weighted by Gasteiger charge is -2.33. The fourth-order valence-corrected chi connectivity index (χ4v) is 2.79. The molecule has 1 aliphatic rings. The molecule has 3 heterocycles. The van der Waals surface area contributed by atoms with Crippen LogP contribution >= 0.6 is 0 Å². The molecule has 2 aromatic heterocycles. The third-order valence-electron chi connectivity index (χ3n) is 4.13. The smallest absolute Gasteiger partial charge is 0.268 e. The van der Waals surface area contributed by atoms with Gasteiger partial charge >= 0.3 is 0 Å². The van der Waals surface area contributed by atoms with E-state index < -0.39 is 0 Å². The van der Waals surface area contributed by atoms with Crippen molar-refractivity contribution in [3.8, 4) is 0 Å². The summed E-state index contributed by atoms with van der Waals surface area (Å²) >= 11 is 0. The minimum atomic E-state index is -0.146.